The Hall–Kier alpha value is -2.65. The number of carboxylic acids is 1. The van der Waals surface area contributed by atoms with Gasteiger partial charge in [0.25, 0.3) is 0 Å². The third-order valence-corrected chi connectivity index (χ3v) is 5.05. The predicted octanol–water partition coefficient (Wildman–Crippen LogP) is 0.177. The molecule has 0 unspecified atom stereocenters. The zero-order valence-electron chi connectivity index (χ0n) is 17.1. The lowest BCUT2D eigenvalue weighted by Gasteiger charge is -2.26. The van der Waals surface area contributed by atoms with Crippen LogP contribution in [0.5, 0.6) is 5.75 Å². The molecule has 0 radical (unpaired) electrons. The van der Waals surface area contributed by atoms with Gasteiger partial charge in [-0.15, -0.1) is 0 Å². The van der Waals surface area contributed by atoms with Crippen molar-refractivity contribution in [3.8, 4) is 5.75 Å². The Bertz CT molecular complexity index is 744. The average molecular weight is 419 g/mol. The van der Waals surface area contributed by atoms with Gasteiger partial charge in [0.2, 0.25) is 11.8 Å². The number of amides is 2. The van der Waals surface area contributed by atoms with Crippen LogP contribution in [0.4, 0.5) is 0 Å². The molecule has 2 atom stereocenters. The van der Waals surface area contributed by atoms with Gasteiger partial charge < -0.3 is 25.2 Å². The number of benzene rings is 1. The topological polar surface area (TPSA) is 117 Å². The summed E-state index contributed by atoms with van der Waals surface area (Å²) in [6.07, 6.45) is 2.56. The van der Waals surface area contributed by atoms with Crippen molar-refractivity contribution in [3.63, 3.8) is 0 Å². The lowest BCUT2D eigenvalue weighted by atomic mass is 10.1. The molecule has 1 saturated heterocycles. The molecule has 30 heavy (non-hydrogen) atoms. The fourth-order valence-corrected chi connectivity index (χ4v) is 3.13. The number of carbonyl (C=O) groups excluding carboxylic acids is 2. The van der Waals surface area contributed by atoms with Crippen LogP contribution in [0, 0.1) is 0 Å². The molecular weight excluding hydrogens is 390 g/mol. The van der Waals surface area contributed by atoms with E-state index in [2.05, 4.69) is 10.6 Å². The van der Waals surface area contributed by atoms with Crippen LogP contribution in [0.1, 0.15) is 25.3 Å². The van der Waals surface area contributed by atoms with E-state index in [1.165, 1.54) is 6.92 Å². The van der Waals surface area contributed by atoms with E-state index in [0.717, 1.165) is 24.2 Å². The molecule has 1 aliphatic carbocycles. The maximum absolute atomic E-state index is 12.4. The lowest BCUT2D eigenvalue weighted by Crippen LogP contribution is -2.53. The van der Waals surface area contributed by atoms with E-state index in [1.54, 1.807) is 12.1 Å². The molecule has 9 nitrogen and oxygen atoms in total. The molecule has 164 valence electrons. The largest absolute Gasteiger partial charge is 0.490 e. The number of nitrogens with one attached hydrogen (secondary N) is 2. The average Bonchev–Trinajstić information content (AvgIpc) is 3.53. The molecule has 0 spiro atoms. The SMILES string of the molecule is C[C@H](NC(=O)CN1CCOCC1)C(=O)N[C@@H](Cc1ccc(OC2CC2)cc1)C(=O)O. The Morgan fingerprint density at radius 3 is 2.43 bits per heavy atom. The molecule has 2 fully saturated rings. The number of carboxylic acid groups (broad SMARTS) is 1. The highest BCUT2D eigenvalue weighted by Gasteiger charge is 2.26. The first-order valence-corrected chi connectivity index (χ1v) is 10.3. The van der Waals surface area contributed by atoms with Gasteiger partial charge in [0.15, 0.2) is 0 Å². The molecule has 2 aliphatic rings. The summed E-state index contributed by atoms with van der Waals surface area (Å²) in [5.74, 6) is -1.19. The van der Waals surface area contributed by atoms with Gasteiger partial charge in [0.1, 0.15) is 17.8 Å². The van der Waals surface area contributed by atoms with Crippen LogP contribution in [-0.4, -0.2) is 78.8 Å². The number of rotatable bonds is 10. The second-order valence-electron chi connectivity index (χ2n) is 7.74. The van der Waals surface area contributed by atoms with Gasteiger partial charge in [-0.05, 0) is 37.5 Å². The van der Waals surface area contributed by atoms with Gasteiger partial charge in [-0.3, -0.25) is 14.5 Å². The Morgan fingerprint density at radius 2 is 1.83 bits per heavy atom. The zero-order chi connectivity index (χ0) is 21.5. The Kier molecular flexibility index (Phi) is 7.64. The quantitative estimate of drug-likeness (QED) is 0.495. The minimum atomic E-state index is -1.13. The maximum atomic E-state index is 12.4. The summed E-state index contributed by atoms with van der Waals surface area (Å²) in [6.45, 7) is 4.21. The third kappa shape index (κ3) is 7.00. The smallest absolute Gasteiger partial charge is 0.326 e. The molecule has 3 N–H and O–H groups in total. The molecule has 0 aromatic heterocycles. The molecule has 1 aromatic carbocycles. The first-order chi connectivity index (χ1) is 14.4. The van der Waals surface area contributed by atoms with Gasteiger partial charge >= 0.3 is 5.97 Å². The third-order valence-electron chi connectivity index (χ3n) is 5.05. The number of nitrogens with zero attached hydrogens (tertiary/aromatic N) is 1. The predicted molar refractivity (Wildman–Crippen MR) is 108 cm³/mol. The molecule has 0 bridgehead atoms. The zero-order valence-corrected chi connectivity index (χ0v) is 17.1. The number of ether oxygens (including phenoxy) is 2. The van der Waals surface area contributed by atoms with Crippen LogP contribution in [0.25, 0.3) is 0 Å². The van der Waals surface area contributed by atoms with Crippen LogP contribution in [0.2, 0.25) is 0 Å². The van der Waals surface area contributed by atoms with Crippen LogP contribution >= 0.6 is 0 Å². The highest BCUT2D eigenvalue weighted by Crippen LogP contribution is 2.26. The van der Waals surface area contributed by atoms with Crippen molar-refractivity contribution < 1.29 is 29.0 Å². The number of hydrogen-bond acceptors (Lipinski definition) is 6. The van der Waals surface area contributed by atoms with E-state index in [1.807, 2.05) is 17.0 Å². The van der Waals surface area contributed by atoms with Gasteiger partial charge in [0.05, 0.1) is 25.9 Å². The highest BCUT2D eigenvalue weighted by atomic mass is 16.5. The lowest BCUT2D eigenvalue weighted by molar-refractivity contribution is -0.142. The van der Waals surface area contributed by atoms with Gasteiger partial charge in [-0.25, -0.2) is 4.79 Å². The monoisotopic (exact) mass is 419 g/mol. The summed E-state index contributed by atoms with van der Waals surface area (Å²) >= 11 is 0. The van der Waals surface area contributed by atoms with Crippen molar-refractivity contribution in [2.45, 2.75) is 44.4 Å². The normalized spacial score (nSPS) is 18.8. The van der Waals surface area contributed by atoms with Crippen molar-refractivity contribution in [1.29, 1.82) is 0 Å². The van der Waals surface area contributed by atoms with Gasteiger partial charge in [-0.2, -0.15) is 0 Å². The number of carbonyl (C=O) groups is 3. The van der Waals surface area contributed by atoms with Crippen molar-refractivity contribution in [3.05, 3.63) is 29.8 Å². The molecule has 1 heterocycles. The van der Waals surface area contributed by atoms with Crippen LogP contribution in [0.15, 0.2) is 24.3 Å². The van der Waals surface area contributed by atoms with E-state index in [9.17, 15) is 19.5 Å². The number of morpholine rings is 1. The fourth-order valence-electron chi connectivity index (χ4n) is 3.13. The summed E-state index contributed by atoms with van der Waals surface area (Å²) < 4.78 is 10.9. The Labute approximate surface area is 175 Å². The standard InChI is InChI=1S/C21H29N3O6/c1-14(22-19(25)13-24-8-10-29-11-9-24)20(26)23-18(21(27)28)12-15-2-4-16(5-3-15)30-17-6-7-17/h2-5,14,17-18H,6-13H2,1H3,(H,22,25)(H,23,26)(H,27,28)/t14-,18-/m0/s1. The van der Waals surface area contributed by atoms with Gasteiger partial charge in [-0.1, -0.05) is 12.1 Å². The van der Waals surface area contributed by atoms with E-state index in [0.29, 0.717) is 32.4 Å². The molecule has 2 amide bonds. The van der Waals surface area contributed by atoms with E-state index < -0.39 is 24.0 Å². The summed E-state index contributed by atoms with van der Waals surface area (Å²) in [5, 5.41) is 14.6. The minimum absolute atomic E-state index is 0.138. The fraction of sp³-hybridized carbons (Fsp3) is 0.571. The van der Waals surface area contributed by atoms with Crippen LogP contribution in [0.3, 0.4) is 0 Å². The maximum Gasteiger partial charge on any atom is 0.326 e. The molecule has 1 aromatic rings. The summed E-state index contributed by atoms with van der Waals surface area (Å²) in [5.41, 5.74) is 0.773. The van der Waals surface area contributed by atoms with Crippen LogP contribution < -0.4 is 15.4 Å². The van der Waals surface area contributed by atoms with E-state index in [-0.39, 0.29) is 18.9 Å². The number of aliphatic carboxylic acids is 1. The van der Waals surface area contributed by atoms with Crippen molar-refractivity contribution in [2.24, 2.45) is 0 Å². The van der Waals surface area contributed by atoms with Crippen molar-refractivity contribution in [2.75, 3.05) is 32.8 Å². The summed E-state index contributed by atoms with van der Waals surface area (Å²) in [6, 6.07) is 5.29. The summed E-state index contributed by atoms with van der Waals surface area (Å²) in [7, 11) is 0. The second kappa shape index (κ2) is 10.4. The molecule has 1 aliphatic heterocycles. The first kappa shape index (κ1) is 22.0. The van der Waals surface area contributed by atoms with E-state index >= 15 is 0 Å². The van der Waals surface area contributed by atoms with Crippen LogP contribution in [-0.2, 0) is 25.5 Å². The Morgan fingerprint density at radius 1 is 1.17 bits per heavy atom. The summed E-state index contributed by atoms with van der Waals surface area (Å²) in [4.78, 5) is 38.1. The Balaban J connectivity index is 1.47. The van der Waals surface area contributed by atoms with Gasteiger partial charge in [0, 0.05) is 19.5 Å². The minimum Gasteiger partial charge on any atom is -0.490 e. The van der Waals surface area contributed by atoms with Crippen molar-refractivity contribution >= 4 is 17.8 Å². The van der Waals surface area contributed by atoms with E-state index in [4.69, 9.17) is 9.47 Å². The second-order valence-corrected chi connectivity index (χ2v) is 7.74. The van der Waals surface area contributed by atoms with Crippen molar-refractivity contribution in [1.82, 2.24) is 15.5 Å². The number of hydrogen-bond donors (Lipinski definition) is 3. The highest BCUT2D eigenvalue weighted by molar-refractivity contribution is 5.90. The molecule has 3 rings (SSSR count). The molecular formula is C21H29N3O6. The molecule has 9 heteroatoms. The first-order valence-electron chi connectivity index (χ1n) is 10.3. The molecule has 1 saturated carbocycles.